The molecule has 4 aromatic heterocycles. The van der Waals surface area contributed by atoms with Crippen molar-refractivity contribution in [2.24, 2.45) is 0 Å². The van der Waals surface area contributed by atoms with Crippen molar-refractivity contribution in [3.63, 3.8) is 0 Å². The summed E-state index contributed by atoms with van der Waals surface area (Å²) >= 11 is 5.43. The minimum Gasteiger partial charge on any atom is -0.456 e. The van der Waals surface area contributed by atoms with Crippen molar-refractivity contribution in [2.75, 3.05) is 0 Å². The van der Waals surface area contributed by atoms with E-state index in [0.717, 1.165) is 49.7 Å². The molecule has 8 heteroatoms. The molecule has 48 heavy (non-hydrogen) atoms. The summed E-state index contributed by atoms with van der Waals surface area (Å²) in [4.78, 5) is 8.21. The Labute approximate surface area is 284 Å². The lowest BCUT2D eigenvalue weighted by Gasteiger charge is -2.04. The van der Waals surface area contributed by atoms with Crippen molar-refractivity contribution in [1.29, 1.82) is 0 Å². The molecular formula is C40H36BClN2O4. The van der Waals surface area contributed by atoms with Gasteiger partial charge in [-0.25, -0.2) is 4.98 Å². The highest BCUT2D eigenvalue weighted by Gasteiger charge is 2.20. The number of halogens is 1. The fourth-order valence-corrected chi connectivity index (χ4v) is 6.01. The molecule has 0 bridgehead atoms. The molecular weight excluding hydrogens is 619 g/mol. The quantitative estimate of drug-likeness (QED) is 0.145. The maximum absolute atomic E-state index is 9.42. The standard InChI is InChI=1S/C20H17NO.C15H15BO3.C5H4ClN/c1-13(2)14-7-5-8-15-16-9-6-10-17(20(16)22-19(14)15)18-11-3-4-12-21-18;1-9(2)10-5-3-6-11-12-7-4-8-13(16(17)18)15(12)19-14(10)11;6-5-3-1-2-4-7-5/h3-13H,1-2H3;3-9,17-18H,1-2H3;1-4H. The summed E-state index contributed by atoms with van der Waals surface area (Å²) in [6.07, 6.45) is 3.47. The largest absolute Gasteiger partial charge is 0.492 e. The summed E-state index contributed by atoms with van der Waals surface area (Å²) in [6.45, 7) is 8.62. The molecule has 0 amide bonds. The van der Waals surface area contributed by atoms with E-state index in [1.54, 1.807) is 18.3 Å². The second kappa shape index (κ2) is 14.4. The van der Waals surface area contributed by atoms with Crippen LogP contribution < -0.4 is 5.46 Å². The minimum atomic E-state index is -1.52. The van der Waals surface area contributed by atoms with E-state index in [1.807, 2.05) is 66.9 Å². The van der Waals surface area contributed by atoms with Crippen molar-refractivity contribution >= 4 is 68.1 Å². The van der Waals surface area contributed by atoms with Crippen LogP contribution in [0.1, 0.15) is 50.7 Å². The van der Waals surface area contributed by atoms with Crippen LogP contribution in [0.4, 0.5) is 0 Å². The topological polar surface area (TPSA) is 92.5 Å². The normalized spacial score (nSPS) is 11.2. The van der Waals surface area contributed by atoms with Gasteiger partial charge in [-0.3, -0.25) is 4.98 Å². The maximum Gasteiger partial charge on any atom is 0.492 e. The Morgan fingerprint density at radius 2 is 1.04 bits per heavy atom. The van der Waals surface area contributed by atoms with Gasteiger partial charge < -0.3 is 18.9 Å². The van der Waals surface area contributed by atoms with Gasteiger partial charge in [0.05, 0.1) is 5.69 Å². The maximum atomic E-state index is 9.42. The molecule has 0 saturated heterocycles. The molecule has 0 aliphatic carbocycles. The molecule has 4 heterocycles. The molecule has 8 aromatic rings. The summed E-state index contributed by atoms with van der Waals surface area (Å²) in [5.74, 6) is 0.786. The van der Waals surface area contributed by atoms with Crippen LogP contribution >= 0.6 is 11.6 Å². The first kappa shape index (κ1) is 33.0. The molecule has 0 aliphatic rings. The number of para-hydroxylation sites is 4. The lowest BCUT2D eigenvalue weighted by molar-refractivity contribution is 0.425. The van der Waals surface area contributed by atoms with Gasteiger partial charge in [-0.1, -0.05) is 118 Å². The smallest absolute Gasteiger partial charge is 0.456 e. The molecule has 0 radical (unpaired) electrons. The predicted molar refractivity (Wildman–Crippen MR) is 198 cm³/mol. The van der Waals surface area contributed by atoms with Gasteiger partial charge in [0.15, 0.2) is 0 Å². The first-order valence-electron chi connectivity index (χ1n) is 16.0. The molecule has 240 valence electrons. The van der Waals surface area contributed by atoms with E-state index < -0.39 is 7.12 Å². The number of benzene rings is 4. The van der Waals surface area contributed by atoms with Crippen molar-refractivity contribution in [3.8, 4) is 11.3 Å². The molecule has 2 N–H and O–H groups in total. The van der Waals surface area contributed by atoms with Crippen molar-refractivity contribution < 1.29 is 18.9 Å². The van der Waals surface area contributed by atoms with Gasteiger partial charge in [0, 0.05) is 45.0 Å². The summed E-state index contributed by atoms with van der Waals surface area (Å²) in [5.41, 5.74) is 8.08. The zero-order chi connectivity index (χ0) is 33.8. The number of hydrogen-bond donors (Lipinski definition) is 2. The molecule has 8 rings (SSSR count). The van der Waals surface area contributed by atoms with Gasteiger partial charge in [0.25, 0.3) is 0 Å². The van der Waals surface area contributed by atoms with Gasteiger partial charge in [0.1, 0.15) is 27.5 Å². The van der Waals surface area contributed by atoms with Crippen LogP contribution in [0.5, 0.6) is 0 Å². The summed E-state index contributed by atoms with van der Waals surface area (Å²) in [7, 11) is -1.52. The number of rotatable bonds is 4. The second-order valence-electron chi connectivity index (χ2n) is 12.1. The average Bonchev–Trinajstić information content (AvgIpc) is 3.68. The number of hydrogen-bond acceptors (Lipinski definition) is 6. The highest BCUT2D eigenvalue weighted by molar-refractivity contribution is 6.61. The van der Waals surface area contributed by atoms with Gasteiger partial charge in [0.2, 0.25) is 0 Å². The lowest BCUT2D eigenvalue weighted by atomic mass is 9.79. The Balaban J connectivity index is 0.000000141. The van der Waals surface area contributed by atoms with Crippen molar-refractivity contribution in [2.45, 2.75) is 39.5 Å². The zero-order valence-electron chi connectivity index (χ0n) is 27.3. The van der Waals surface area contributed by atoms with E-state index in [9.17, 15) is 10.0 Å². The predicted octanol–water partition coefficient (Wildman–Crippen LogP) is 9.90. The molecule has 0 spiro atoms. The molecule has 0 aliphatic heterocycles. The molecule has 0 atom stereocenters. The van der Waals surface area contributed by atoms with Crippen molar-refractivity contribution in [1.82, 2.24) is 9.97 Å². The number of fused-ring (bicyclic) bond motifs is 6. The van der Waals surface area contributed by atoms with Gasteiger partial charge in [-0.05, 0) is 53.3 Å². The molecule has 0 fully saturated rings. The van der Waals surface area contributed by atoms with E-state index >= 15 is 0 Å². The van der Waals surface area contributed by atoms with Gasteiger partial charge in [-0.2, -0.15) is 0 Å². The van der Waals surface area contributed by atoms with Crippen LogP contribution in [-0.4, -0.2) is 27.1 Å². The van der Waals surface area contributed by atoms with Crippen LogP contribution in [0.3, 0.4) is 0 Å². The van der Waals surface area contributed by atoms with Crippen LogP contribution in [0.15, 0.2) is 130 Å². The molecule has 4 aromatic carbocycles. The second-order valence-corrected chi connectivity index (χ2v) is 12.5. The van der Waals surface area contributed by atoms with Crippen LogP contribution in [0.2, 0.25) is 5.15 Å². The highest BCUT2D eigenvalue weighted by Crippen LogP contribution is 2.38. The van der Waals surface area contributed by atoms with Crippen molar-refractivity contribution in [3.05, 3.63) is 138 Å². The van der Waals surface area contributed by atoms with Gasteiger partial charge in [-0.15, -0.1) is 0 Å². The fraction of sp³-hybridized carbons (Fsp3) is 0.150. The third-order valence-corrected chi connectivity index (χ3v) is 8.46. The van der Waals surface area contributed by atoms with Crippen LogP contribution in [0.25, 0.3) is 55.1 Å². The number of furan rings is 2. The summed E-state index contributed by atoms with van der Waals surface area (Å²) in [6, 6.07) is 35.5. The Kier molecular flexibility index (Phi) is 9.92. The third-order valence-electron chi connectivity index (χ3n) is 8.23. The highest BCUT2D eigenvalue weighted by atomic mass is 35.5. The molecule has 0 saturated carbocycles. The average molecular weight is 655 g/mol. The van der Waals surface area contributed by atoms with E-state index in [0.29, 0.717) is 28.0 Å². The lowest BCUT2D eigenvalue weighted by Crippen LogP contribution is -2.29. The Morgan fingerprint density at radius 1 is 0.542 bits per heavy atom. The first-order chi connectivity index (χ1) is 23.2. The first-order valence-corrected chi connectivity index (χ1v) is 16.3. The van der Waals surface area contributed by atoms with Gasteiger partial charge >= 0.3 is 7.12 Å². The zero-order valence-corrected chi connectivity index (χ0v) is 28.0. The Hall–Kier alpha value is -4.95. The number of pyridine rings is 2. The Bertz CT molecular complexity index is 2240. The van der Waals surface area contributed by atoms with Crippen LogP contribution in [-0.2, 0) is 0 Å². The summed E-state index contributed by atoms with van der Waals surface area (Å²) in [5, 5.41) is 23.7. The number of nitrogens with zero attached hydrogens (tertiary/aromatic N) is 2. The van der Waals surface area contributed by atoms with Crippen LogP contribution in [0, 0.1) is 0 Å². The monoisotopic (exact) mass is 654 g/mol. The SMILES string of the molecule is CC(C)c1cccc2c1oc1c(-c3ccccn3)cccc12.CC(C)c1cccc2c1oc1c(B(O)O)cccc12.Clc1ccccn1. The van der Waals surface area contributed by atoms with E-state index in [-0.39, 0.29) is 0 Å². The van der Waals surface area contributed by atoms with E-state index in [1.165, 1.54) is 10.9 Å². The van der Waals surface area contributed by atoms with E-state index in [4.69, 9.17) is 20.4 Å². The van der Waals surface area contributed by atoms with E-state index in [2.05, 4.69) is 74.1 Å². The number of aromatic nitrogens is 2. The Morgan fingerprint density at radius 3 is 1.52 bits per heavy atom. The molecule has 6 nitrogen and oxygen atoms in total. The molecule has 0 unspecified atom stereocenters. The fourth-order valence-electron chi connectivity index (χ4n) is 5.88. The minimum absolute atomic E-state index is 0.353. The summed E-state index contributed by atoms with van der Waals surface area (Å²) < 4.78 is 12.2. The third kappa shape index (κ3) is 6.71.